The monoisotopic (exact) mass is 1320 g/mol. The molecule has 4 unspecified atom stereocenters. The predicted molar refractivity (Wildman–Crippen MR) is 363 cm³/mol. The maximum atomic E-state index is 13.0. The number of aliphatic hydroxyl groups is 1. The number of phosphoric acid groups is 2. The lowest BCUT2D eigenvalue weighted by Crippen LogP contribution is -2.30. The summed E-state index contributed by atoms with van der Waals surface area (Å²) < 4.78 is 68.3. The van der Waals surface area contributed by atoms with Crippen LogP contribution in [-0.2, 0) is 65.4 Å². The Morgan fingerprint density at radius 1 is 0.311 bits per heavy atom. The van der Waals surface area contributed by atoms with E-state index in [1.54, 1.807) is 0 Å². The summed E-state index contributed by atoms with van der Waals surface area (Å²) in [5.74, 6) is 0.881. The molecule has 0 aliphatic heterocycles. The van der Waals surface area contributed by atoms with E-state index in [0.717, 1.165) is 114 Å². The van der Waals surface area contributed by atoms with Crippen LogP contribution >= 0.6 is 15.6 Å². The van der Waals surface area contributed by atoms with Crippen LogP contribution < -0.4 is 0 Å². The molecule has 534 valence electrons. The van der Waals surface area contributed by atoms with Crippen LogP contribution in [0.4, 0.5) is 0 Å². The molecule has 0 aliphatic carbocycles. The number of hydrogen-bond donors (Lipinski definition) is 3. The van der Waals surface area contributed by atoms with Crippen molar-refractivity contribution in [2.75, 3.05) is 39.6 Å². The number of unbranched alkanes of at least 4 members (excludes halogenated alkanes) is 32. The van der Waals surface area contributed by atoms with E-state index >= 15 is 0 Å². The molecule has 0 bridgehead atoms. The lowest BCUT2D eigenvalue weighted by molar-refractivity contribution is -0.161. The fourth-order valence-electron chi connectivity index (χ4n) is 10.6. The predicted octanol–water partition coefficient (Wildman–Crippen LogP) is 20.1. The van der Waals surface area contributed by atoms with E-state index in [0.29, 0.717) is 31.6 Å². The van der Waals surface area contributed by atoms with Gasteiger partial charge in [-0.1, -0.05) is 299 Å². The molecule has 0 aromatic rings. The summed E-state index contributed by atoms with van der Waals surface area (Å²) >= 11 is 0. The van der Waals surface area contributed by atoms with Gasteiger partial charge in [0.25, 0.3) is 0 Å². The first-order valence-corrected chi connectivity index (χ1v) is 39.8. The minimum Gasteiger partial charge on any atom is -0.462 e. The number of aliphatic hydroxyl groups excluding tert-OH is 1. The van der Waals surface area contributed by atoms with Gasteiger partial charge < -0.3 is 33.8 Å². The average Bonchev–Trinajstić information content (AvgIpc) is 2.77. The Balaban J connectivity index is 5.21. The Morgan fingerprint density at radius 2 is 0.533 bits per heavy atom. The zero-order chi connectivity index (χ0) is 66.8. The smallest absolute Gasteiger partial charge is 0.462 e. The molecular weight excluding hydrogens is 1190 g/mol. The van der Waals surface area contributed by atoms with Crippen LogP contribution in [0.3, 0.4) is 0 Å². The van der Waals surface area contributed by atoms with Gasteiger partial charge in [-0.25, -0.2) is 9.13 Å². The lowest BCUT2D eigenvalue weighted by atomic mass is 9.99. The first kappa shape index (κ1) is 88.1. The molecule has 0 aromatic carbocycles. The fourth-order valence-corrected chi connectivity index (χ4v) is 12.2. The Hall–Kier alpha value is -1.94. The van der Waals surface area contributed by atoms with Crippen LogP contribution in [0.25, 0.3) is 0 Å². The van der Waals surface area contributed by atoms with Crippen LogP contribution in [0.5, 0.6) is 0 Å². The molecule has 90 heavy (non-hydrogen) atoms. The third kappa shape index (κ3) is 62.2. The molecule has 0 amide bonds. The summed E-state index contributed by atoms with van der Waals surface area (Å²) in [5, 5.41) is 10.6. The molecule has 19 heteroatoms. The minimum absolute atomic E-state index is 0.102. The first-order valence-electron chi connectivity index (χ1n) is 36.8. The normalized spacial score (nSPS) is 14.9. The minimum atomic E-state index is -4.95. The van der Waals surface area contributed by atoms with Gasteiger partial charge in [-0.15, -0.1) is 0 Å². The average molecular weight is 1330 g/mol. The van der Waals surface area contributed by atoms with Crippen LogP contribution in [0.1, 0.15) is 351 Å². The van der Waals surface area contributed by atoms with Crippen molar-refractivity contribution in [3.8, 4) is 0 Å². The number of ether oxygens (including phenoxy) is 4. The van der Waals surface area contributed by atoms with Gasteiger partial charge in [0.05, 0.1) is 26.4 Å². The van der Waals surface area contributed by atoms with Crippen molar-refractivity contribution < 1.29 is 80.2 Å². The third-order valence-corrected chi connectivity index (χ3v) is 18.9. The molecule has 3 N–H and O–H groups in total. The van der Waals surface area contributed by atoms with Crippen molar-refractivity contribution >= 4 is 39.5 Å². The van der Waals surface area contributed by atoms with Gasteiger partial charge in [-0.3, -0.25) is 37.3 Å². The van der Waals surface area contributed by atoms with E-state index in [1.807, 2.05) is 0 Å². The summed E-state index contributed by atoms with van der Waals surface area (Å²) in [7, 11) is -9.90. The van der Waals surface area contributed by atoms with Gasteiger partial charge in [0.15, 0.2) is 12.2 Å². The summed E-state index contributed by atoms with van der Waals surface area (Å²) in [5.41, 5.74) is 0. The number of carbonyl (C=O) groups excluding carboxylic acids is 4. The number of carbonyl (C=O) groups is 4. The summed E-state index contributed by atoms with van der Waals surface area (Å²) in [6.07, 6.45) is 43.2. The highest BCUT2D eigenvalue weighted by Gasteiger charge is 2.30. The molecule has 0 radical (unpaired) electrons. The number of hydrogen-bond acceptors (Lipinski definition) is 15. The molecule has 0 fully saturated rings. The largest absolute Gasteiger partial charge is 0.472 e. The van der Waals surface area contributed by atoms with Crippen molar-refractivity contribution in [3.63, 3.8) is 0 Å². The van der Waals surface area contributed by atoms with Gasteiger partial charge >= 0.3 is 39.5 Å². The van der Waals surface area contributed by atoms with Crippen molar-refractivity contribution in [1.29, 1.82) is 0 Å². The van der Waals surface area contributed by atoms with Crippen molar-refractivity contribution in [2.45, 2.75) is 369 Å². The molecule has 0 heterocycles. The summed E-state index contributed by atoms with van der Waals surface area (Å²) in [6.45, 7) is 14.1. The van der Waals surface area contributed by atoms with Crippen molar-refractivity contribution in [2.24, 2.45) is 23.7 Å². The van der Waals surface area contributed by atoms with E-state index in [1.165, 1.54) is 148 Å². The fraction of sp³-hybridized carbons (Fsp3) is 0.944. The highest BCUT2D eigenvalue weighted by atomic mass is 31.2. The van der Waals surface area contributed by atoms with E-state index in [2.05, 4.69) is 55.4 Å². The zero-order valence-corrected chi connectivity index (χ0v) is 60.6. The molecule has 0 rings (SSSR count). The van der Waals surface area contributed by atoms with Gasteiger partial charge in [-0.05, 0) is 49.4 Å². The Labute approximate surface area is 549 Å². The summed E-state index contributed by atoms with van der Waals surface area (Å²) in [4.78, 5) is 72.5. The topological polar surface area (TPSA) is 237 Å². The van der Waals surface area contributed by atoms with Crippen LogP contribution in [-0.4, -0.2) is 96.7 Å². The molecule has 0 aliphatic rings. The zero-order valence-electron chi connectivity index (χ0n) is 58.8. The van der Waals surface area contributed by atoms with Crippen molar-refractivity contribution in [3.05, 3.63) is 0 Å². The van der Waals surface area contributed by atoms with Gasteiger partial charge in [0, 0.05) is 25.7 Å². The molecule has 0 aromatic heterocycles. The number of rotatable bonds is 68. The van der Waals surface area contributed by atoms with E-state index in [9.17, 15) is 43.2 Å². The second-order valence-electron chi connectivity index (χ2n) is 27.1. The molecule has 7 atom stereocenters. The SMILES string of the molecule is CCC(C)CCCCCCCCCCCCCCCCC(=O)OC[C@H](COP(=O)(O)OC[C@@H](O)COP(=O)(O)OC[C@@H](COC(=O)CCCCCCCCC(C)CC)OC(=O)CCCCCCCCCC(C)C)OC(=O)CCCCCCCCCCCC(C)C. The Kier molecular flexibility index (Phi) is 59.4. The van der Waals surface area contributed by atoms with Gasteiger partial charge in [0.2, 0.25) is 0 Å². The Bertz CT molecular complexity index is 1790. The second-order valence-corrected chi connectivity index (χ2v) is 30.0. The number of phosphoric ester groups is 2. The van der Waals surface area contributed by atoms with Gasteiger partial charge in [-0.2, -0.15) is 0 Å². The maximum absolute atomic E-state index is 13.0. The highest BCUT2D eigenvalue weighted by Crippen LogP contribution is 2.45. The van der Waals surface area contributed by atoms with E-state index < -0.39 is 97.5 Å². The molecule has 0 saturated heterocycles. The summed E-state index contributed by atoms with van der Waals surface area (Å²) in [6, 6.07) is 0. The molecular formula is C71H138O17P2. The number of esters is 4. The Morgan fingerprint density at radius 3 is 0.789 bits per heavy atom. The third-order valence-electron chi connectivity index (χ3n) is 17.0. The van der Waals surface area contributed by atoms with Crippen LogP contribution in [0, 0.1) is 23.7 Å². The quantitative estimate of drug-likeness (QED) is 0.0222. The van der Waals surface area contributed by atoms with Crippen LogP contribution in [0.15, 0.2) is 0 Å². The standard InChI is InChI=1S/C71H138O17P2/c1-9-63(7)49-41-33-25-19-15-13-11-12-14-16-20-26-35-43-51-68(73)81-57-66(87-70(75)53-45-37-27-21-17-18-23-31-39-47-61(3)4)59-85-89(77,78)83-55-65(72)56-84-90(79,80)86-60-67(88-71(76)54-46-38-28-22-24-32-40-48-62(5)6)58-82-69(74)52-44-36-30-29-34-42-50-64(8)10-2/h61-67,72H,9-60H2,1-8H3,(H,77,78)(H,79,80)/t63?,64?,65-,66-,67-/m1/s1. The molecule has 17 nitrogen and oxygen atoms in total. The second kappa shape index (κ2) is 60.7. The molecule has 0 saturated carbocycles. The van der Waals surface area contributed by atoms with Crippen LogP contribution in [0.2, 0.25) is 0 Å². The molecule has 0 spiro atoms. The van der Waals surface area contributed by atoms with E-state index in [-0.39, 0.29) is 25.7 Å². The van der Waals surface area contributed by atoms with Crippen molar-refractivity contribution in [1.82, 2.24) is 0 Å². The highest BCUT2D eigenvalue weighted by molar-refractivity contribution is 7.47. The maximum Gasteiger partial charge on any atom is 0.472 e. The first-order chi connectivity index (χ1) is 43.2. The van der Waals surface area contributed by atoms with E-state index in [4.69, 9.17) is 37.0 Å². The lowest BCUT2D eigenvalue weighted by Gasteiger charge is -2.21. The van der Waals surface area contributed by atoms with Gasteiger partial charge in [0.1, 0.15) is 19.3 Å².